The summed E-state index contributed by atoms with van der Waals surface area (Å²) in [6, 6.07) is -1.33. The molecule has 0 unspecified atom stereocenters. The second-order valence-electron chi connectivity index (χ2n) is 10.6. The van der Waals surface area contributed by atoms with Gasteiger partial charge in [-0.25, -0.2) is 4.79 Å². The van der Waals surface area contributed by atoms with Crippen molar-refractivity contribution in [1.82, 2.24) is 14.7 Å². The number of carbonyl (C=O) groups is 6. The Kier molecular flexibility index (Phi) is 19.1. The molecule has 0 aliphatic rings. The first-order valence-corrected chi connectivity index (χ1v) is 13.6. The molecule has 15 nitrogen and oxygen atoms in total. The number of hydrogen-bond donors (Lipinski definition) is 2. The first-order valence-electron chi connectivity index (χ1n) is 13.6. The third-order valence-corrected chi connectivity index (χ3v) is 6.11. The average molecular weight is 606 g/mol. The van der Waals surface area contributed by atoms with Crippen LogP contribution in [0.1, 0.15) is 40.0 Å². The largest absolute Gasteiger partial charge is 0.481 e. The molecule has 0 rings (SSSR count). The fourth-order valence-electron chi connectivity index (χ4n) is 3.10. The van der Waals surface area contributed by atoms with Crippen LogP contribution in [-0.2, 0) is 47.7 Å². The zero-order valence-electron chi connectivity index (χ0n) is 25.6. The maximum Gasteiger partial charge on any atom is 0.326 e. The van der Waals surface area contributed by atoms with Crippen LogP contribution in [-0.4, -0.2) is 153 Å². The highest BCUT2D eigenvalue weighted by molar-refractivity contribution is 5.95. The first-order chi connectivity index (χ1) is 19.6. The lowest BCUT2D eigenvalue weighted by atomic mass is 9.91. The summed E-state index contributed by atoms with van der Waals surface area (Å²) in [6.07, 6.45) is -1.17. The Morgan fingerprint density at radius 3 is 1.62 bits per heavy atom. The number of ether oxygens (including phenoxy) is 4. The normalized spacial score (nSPS) is 12.0. The van der Waals surface area contributed by atoms with E-state index >= 15 is 0 Å². The SMILES string of the molecule is CN(CCOCCOCC(=O)N(C)CCOCCOCC(=O)C(C)(C)C)C(=O)CC[C@@H](C(=O)O)N(C)C(=O)CC(=O)O. The monoisotopic (exact) mass is 605 g/mol. The van der Waals surface area contributed by atoms with Gasteiger partial charge in [0.2, 0.25) is 17.7 Å². The molecule has 0 aliphatic heterocycles. The van der Waals surface area contributed by atoms with Gasteiger partial charge < -0.3 is 43.9 Å². The number of ketones is 1. The summed E-state index contributed by atoms with van der Waals surface area (Å²) < 4.78 is 21.4. The lowest BCUT2D eigenvalue weighted by molar-refractivity contribution is -0.153. The highest BCUT2D eigenvalue weighted by atomic mass is 16.5. The number of aliphatic carboxylic acids is 2. The average Bonchev–Trinajstić information content (AvgIpc) is 2.89. The third kappa shape index (κ3) is 17.6. The second kappa shape index (κ2) is 20.7. The van der Waals surface area contributed by atoms with E-state index in [1.54, 1.807) is 7.05 Å². The molecule has 0 saturated carbocycles. The molecule has 0 heterocycles. The molecule has 3 amide bonds. The van der Waals surface area contributed by atoms with Gasteiger partial charge >= 0.3 is 11.9 Å². The molecule has 2 N–H and O–H groups in total. The molecule has 0 aromatic heterocycles. The van der Waals surface area contributed by atoms with Crippen molar-refractivity contribution in [3.8, 4) is 0 Å². The van der Waals surface area contributed by atoms with E-state index in [0.717, 1.165) is 4.90 Å². The number of carbonyl (C=O) groups excluding carboxylic acids is 4. The number of carboxylic acids is 2. The molecule has 0 aliphatic carbocycles. The Morgan fingerprint density at radius 2 is 1.14 bits per heavy atom. The Morgan fingerprint density at radius 1 is 0.667 bits per heavy atom. The quantitative estimate of drug-likeness (QED) is 0.115. The number of likely N-dealkylation sites (N-methyl/N-ethyl adjacent to an activating group) is 3. The fourth-order valence-corrected chi connectivity index (χ4v) is 3.10. The van der Waals surface area contributed by atoms with Crippen LogP contribution in [0, 0.1) is 5.41 Å². The molecule has 242 valence electrons. The lowest BCUT2D eigenvalue weighted by Crippen LogP contribution is -2.44. The Balaban J connectivity index is 3.99. The summed E-state index contributed by atoms with van der Waals surface area (Å²) in [5, 5.41) is 18.1. The molecule has 0 fully saturated rings. The molecule has 42 heavy (non-hydrogen) atoms. The number of nitrogens with zero attached hydrogens (tertiary/aromatic N) is 3. The molecule has 0 saturated heterocycles. The van der Waals surface area contributed by atoms with Gasteiger partial charge in [0.15, 0.2) is 5.78 Å². The van der Waals surface area contributed by atoms with Crippen molar-refractivity contribution in [2.45, 2.75) is 46.1 Å². The second-order valence-corrected chi connectivity index (χ2v) is 10.6. The summed E-state index contributed by atoms with van der Waals surface area (Å²) in [5.41, 5.74) is -0.442. The van der Waals surface area contributed by atoms with E-state index in [0.29, 0.717) is 19.8 Å². The van der Waals surface area contributed by atoms with E-state index in [1.807, 2.05) is 20.8 Å². The highest BCUT2D eigenvalue weighted by Gasteiger charge is 2.28. The summed E-state index contributed by atoms with van der Waals surface area (Å²) in [4.78, 5) is 73.9. The van der Waals surface area contributed by atoms with Crippen LogP contribution >= 0.6 is 0 Å². The van der Waals surface area contributed by atoms with Crippen LogP contribution in [0.25, 0.3) is 0 Å². The van der Waals surface area contributed by atoms with E-state index in [4.69, 9.17) is 24.1 Å². The maximum absolute atomic E-state index is 12.3. The van der Waals surface area contributed by atoms with Gasteiger partial charge in [0, 0.05) is 46.1 Å². The first kappa shape index (κ1) is 38.9. The van der Waals surface area contributed by atoms with Gasteiger partial charge in [-0.1, -0.05) is 20.8 Å². The van der Waals surface area contributed by atoms with Crippen LogP contribution in [0.5, 0.6) is 0 Å². The highest BCUT2D eigenvalue weighted by Crippen LogP contribution is 2.14. The molecule has 0 bridgehead atoms. The van der Waals surface area contributed by atoms with Crippen molar-refractivity contribution in [1.29, 1.82) is 0 Å². The van der Waals surface area contributed by atoms with Crippen molar-refractivity contribution < 1.29 is 57.9 Å². The zero-order valence-corrected chi connectivity index (χ0v) is 25.6. The Bertz CT molecular complexity index is 890. The molecule has 0 aromatic rings. The van der Waals surface area contributed by atoms with Crippen LogP contribution in [0.2, 0.25) is 0 Å². The maximum atomic E-state index is 12.3. The zero-order chi connectivity index (χ0) is 32.3. The van der Waals surface area contributed by atoms with Crippen molar-refractivity contribution >= 4 is 35.4 Å². The van der Waals surface area contributed by atoms with Gasteiger partial charge in [0.05, 0.1) is 39.6 Å². The molecular weight excluding hydrogens is 558 g/mol. The topological polar surface area (TPSA) is 190 Å². The predicted octanol–water partition coefficient (Wildman–Crippen LogP) is -0.249. The summed E-state index contributed by atoms with van der Waals surface area (Å²) in [7, 11) is 4.34. The van der Waals surface area contributed by atoms with Crippen LogP contribution in [0.3, 0.4) is 0 Å². The van der Waals surface area contributed by atoms with Crippen LogP contribution in [0.4, 0.5) is 0 Å². The minimum Gasteiger partial charge on any atom is -0.481 e. The molecular formula is C27H47N3O12. The van der Waals surface area contributed by atoms with Crippen molar-refractivity contribution in [3.63, 3.8) is 0 Å². The van der Waals surface area contributed by atoms with E-state index in [1.165, 1.54) is 23.9 Å². The van der Waals surface area contributed by atoms with Gasteiger partial charge in [-0.05, 0) is 6.42 Å². The van der Waals surface area contributed by atoms with Gasteiger partial charge in [-0.3, -0.25) is 24.0 Å². The summed E-state index contributed by atoms with van der Waals surface area (Å²) >= 11 is 0. The van der Waals surface area contributed by atoms with E-state index in [2.05, 4.69) is 0 Å². The van der Waals surface area contributed by atoms with E-state index in [9.17, 15) is 33.9 Å². The fraction of sp³-hybridized carbons (Fsp3) is 0.778. The van der Waals surface area contributed by atoms with Gasteiger partial charge in [-0.2, -0.15) is 0 Å². The van der Waals surface area contributed by atoms with Gasteiger partial charge in [0.25, 0.3) is 0 Å². The molecule has 0 aromatic carbocycles. The lowest BCUT2D eigenvalue weighted by Gasteiger charge is -2.25. The van der Waals surface area contributed by atoms with E-state index in [-0.39, 0.29) is 76.6 Å². The summed E-state index contributed by atoms with van der Waals surface area (Å²) in [6.45, 7) is 7.43. The number of hydrogen-bond acceptors (Lipinski definition) is 10. The number of Topliss-reactive ketones (excluding diaryl/α,β-unsaturated/α-hetero) is 1. The van der Waals surface area contributed by atoms with E-state index < -0.39 is 35.7 Å². The molecule has 0 spiro atoms. The van der Waals surface area contributed by atoms with Crippen molar-refractivity contribution in [2.75, 3.05) is 87.1 Å². The van der Waals surface area contributed by atoms with Crippen molar-refractivity contribution in [3.05, 3.63) is 0 Å². The molecule has 0 radical (unpaired) electrons. The number of rotatable bonds is 23. The smallest absolute Gasteiger partial charge is 0.326 e. The number of carboxylic acid groups (broad SMARTS) is 2. The standard InChI is InChI=1S/C27H47N3O12/c1-27(2,3)21(31)18-41-15-13-40-12-10-29(5)24(34)19-42-16-14-39-11-9-28(4)22(32)8-7-20(26(37)38)30(6)23(33)17-25(35)36/h20H,7-19H2,1-6H3,(H,35,36)(H,37,38)/t20-/m0/s1. The van der Waals surface area contributed by atoms with Crippen molar-refractivity contribution in [2.24, 2.45) is 5.41 Å². The van der Waals surface area contributed by atoms with Crippen LogP contribution in [0.15, 0.2) is 0 Å². The minimum absolute atomic E-state index is 0.0152. The molecule has 1 atom stereocenters. The Labute approximate surface area is 247 Å². The van der Waals surface area contributed by atoms with Crippen LogP contribution < -0.4 is 0 Å². The minimum atomic E-state index is -1.37. The number of amides is 3. The third-order valence-electron chi connectivity index (χ3n) is 6.11. The Hall–Kier alpha value is -3.14. The predicted molar refractivity (Wildman–Crippen MR) is 149 cm³/mol. The van der Waals surface area contributed by atoms with Gasteiger partial charge in [0.1, 0.15) is 25.7 Å². The molecule has 15 heteroatoms. The summed E-state index contributed by atoms with van der Waals surface area (Å²) in [5.74, 6) is -4.14. The van der Waals surface area contributed by atoms with Gasteiger partial charge in [-0.15, -0.1) is 0 Å².